The van der Waals surface area contributed by atoms with E-state index >= 15 is 0 Å². The molecule has 0 heterocycles. The highest BCUT2D eigenvalue weighted by Crippen LogP contribution is 2.31. The number of hydrogen-bond donors (Lipinski definition) is 1. The largest absolute Gasteiger partial charge is 0.383 e. The van der Waals surface area contributed by atoms with E-state index in [1.165, 1.54) is 32.1 Å². The first-order valence-electron chi connectivity index (χ1n) is 7.04. The standard InChI is InChI=1S/C14H30N2O/c1-5-13(11-17-4)15-12-14(16(2)3)9-7-6-8-10-14/h13,15H,5-12H2,1-4H3. The van der Waals surface area contributed by atoms with Crippen molar-refractivity contribution in [3.8, 4) is 0 Å². The highest BCUT2D eigenvalue weighted by Gasteiger charge is 2.34. The Hall–Kier alpha value is -0.120. The van der Waals surface area contributed by atoms with Gasteiger partial charge in [0.05, 0.1) is 6.61 Å². The van der Waals surface area contributed by atoms with Gasteiger partial charge >= 0.3 is 0 Å². The molecule has 0 aromatic carbocycles. The summed E-state index contributed by atoms with van der Waals surface area (Å²) in [6.45, 7) is 4.14. The molecule has 0 bridgehead atoms. The molecule has 1 saturated carbocycles. The number of nitrogens with zero attached hydrogens (tertiary/aromatic N) is 1. The van der Waals surface area contributed by atoms with Gasteiger partial charge in [-0.1, -0.05) is 26.2 Å². The molecule has 1 aliphatic rings. The summed E-state index contributed by atoms with van der Waals surface area (Å²) < 4.78 is 5.25. The molecule has 3 heteroatoms. The first kappa shape index (κ1) is 14.9. The van der Waals surface area contributed by atoms with E-state index in [-0.39, 0.29) is 0 Å². The molecule has 0 spiro atoms. The van der Waals surface area contributed by atoms with Crippen LogP contribution in [0.15, 0.2) is 0 Å². The summed E-state index contributed by atoms with van der Waals surface area (Å²) in [6.07, 6.45) is 7.96. The first-order valence-corrected chi connectivity index (χ1v) is 7.04. The Morgan fingerprint density at radius 2 is 1.88 bits per heavy atom. The van der Waals surface area contributed by atoms with Gasteiger partial charge in [-0.2, -0.15) is 0 Å². The van der Waals surface area contributed by atoms with E-state index in [1.54, 1.807) is 7.11 Å². The van der Waals surface area contributed by atoms with Crippen molar-refractivity contribution in [2.45, 2.75) is 57.0 Å². The van der Waals surface area contributed by atoms with E-state index in [9.17, 15) is 0 Å². The van der Waals surface area contributed by atoms with Gasteiger partial charge in [0.1, 0.15) is 0 Å². The van der Waals surface area contributed by atoms with Crippen LogP contribution in [0.2, 0.25) is 0 Å². The maximum absolute atomic E-state index is 5.25. The third kappa shape index (κ3) is 4.23. The van der Waals surface area contributed by atoms with Crippen molar-refractivity contribution < 1.29 is 4.74 Å². The summed E-state index contributed by atoms with van der Waals surface area (Å²) in [5, 5.41) is 3.70. The maximum Gasteiger partial charge on any atom is 0.0615 e. The van der Waals surface area contributed by atoms with Crippen LogP contribution in [0.1, 0.15) is 45.4 Å². The molecular formula is C14H30N2O. The van der Waals surface area contributed by atoms with Crippen molar-refractivity contribution in [3.05, 3.63) is 0 Å². The van der Waals surface area contributed by atoms with Crippen LogP contribution in [0.5, 0.6) is 0 Å². The third-order valence-corrected chi connectivity index (χ3v) is 4.31. The smallest absolute Gasteiger partial charge is 0.0615 e. The molecule has 0 amide bonds. The van der Waals surface area contributed by atoms with Gasteiger partial charge in [0, 0.05) is 25.2 Å². The second-order valence-corrected chi connectivity index (χ2v) is 5.62. The van der Waals surface area contributed by atoms with Crippen LogP contribution in [-0.2, 0) is 4.74 Å². The maximum atomic E-state index is 5.25. The van der Waals surface area contributed by atoms with Gasteiger partial charge in [-0.05, 0) is 33.4 Å². The zero-order chi connectivity index (χ0) is 12.7. The van der Waals surface area contributed by atoms with Crippen molar-refractivity contribution in [2.24, 2.45) is 0 Å². The zero-order valence-corrected chi connectivity index (χ0v) is 12.1. The van der Waals surface area contributed by atoms with Gasteiger partial charge in [0.2, 0.25) is 0 Å². The van der Waals surface area contributed by atoms with Crippen LogP contribution in [-0.4, -0.2) is 50.8 Å². The average Bonchev–Trinajstić information content (AvgIpc) is 2.35. The summed E-state index contributed by atoms with van der Waals surface area (Å²) in [4.78, 5) is 2.43. The summed E-state index contributed by atoms with van der Waals surface area (Å²) in [5.41, 5.74) is 0.374. The Bertz CT molecular complexity index is 200. The lowest BCUT2D eigenvalue weighted by Crippen LogP contribution is -2.54. The number of methoxy groups -OCH3 is 1. The van der Waals surface area contributed by atoms with Gasteiger partial charge in [-0.3, -0.25) is 0 Å². The number of nitrogens with one attached hydrogen (secondary N) is 1. The molecule has 0 saturated heterocycles. The monoisotopic (exact) mass is 242 g/mol. The van der Waals surface area contributed by atoms with Crippen LogP contribution >= 0.6 is 0 Å². The highest BCUT2D eigenvalue weighted by atomic mass is 16.5. The fourth-order valence-corrected chi connectivity index (χ4v) is 2.85. The van der Waals surface area contributed by atoms with Gasteiger partial charge < -0.3 is 15.0 Å². The highest BCUT2D eigenvalue weighted by molar-refractivity contribution is 4.93. The summed E-state index contributed by atoms with van der Waals surface area (Å²) >= 11 is 0. The molecule has 1 rings (SSSR count). The molecule has 0 aromatic rings. The van der Waals surface area contributed by atoms with Gasteiger partial charge in [-0.15, -0.1) is 0 Å². The second kappa shape index (κ2) is 7.34. The van der Waals surface area contributed by atoms with E-state index in [2.05, 4.69) is 31.2 Å². The third-order valence-electron chi connectivity index (χ3n) is 4.31. The number of likely N-dealkylation sites (N-methyl/N-ethyl adjacent to an activating group) is 1. The van der Waals surface area contributed by atoms with Crippen LogP contribution in [0, 0.1) is 0 Å². The van der Waals surface area contributed by atoms with Gasteiger partial charge in [0.25, 0.3) is 0 Å². The summed E-state index contributed by atoms with van der Waals surface area (Å²) in [6, 6.07) is 0.499. The predicted molar refractivity (Wildman–Crippen MR) is 73.5 cm³/mol. The van der Waals surface area contributed by atoms with Crippen molar-refractivity contribution in [2.75, 3.05) is 34.4 Å². The lowest BCUT2D eigenvalue weighted by Gasteiger charge is -2.44. The van der Waals surface area contributed by atoms with E-state index < -0.39 is 0 Å². The minimum absolute atomic E-state index is 0.374. The van der Waals surface area contributed by atoms with Crippen LogP contribution in [0.4, 0.5) is 0 Å². The first-order chi connectivity index (χ1) is 8.14. The Kier molecular flexibility index (Phi) is 6.45. The van der Waals surface area contributed by atoms with Crippen molar-refractivity contribution >= 4 is 0 Å². The molecule has 102 valence electrons. The van der Waals surface area contributed by atoms with Crippen molar-refractivity contribution in [1.29, 1.82) is 0 Å². The van der Waals surface area contributed by atoms with Crippen LogP contribution in [0.25, 0.3) is 0 Å². The molecule has 3 nitrogen and oxygen atoms in total. The Labute approximate surface area is 107 Å². The molecule has 1 unspecified atom stereocenters. The lowest BCUT2D eigenvalue weighted by atomic mass is 9.80. The molecule has 0 aromatic heterocycles. The molecule has 1 fully saturated rings. The van der Waals surface area contributed by atoms with Crippen LogP contribution < -0.4 is 5.32 Å². The predicted octanol–water partition coefficient (Wildman–Crippen LogP) is 2.27. The van der Waals surface area contributed by atoms with Crippen molar-refractivity contribution in [3.63, 3.8) is 0 Å². The molecule has 17 heavy (non-hydrogen) atoms. The van der Waals surface area contributed by atoms with Gasteiger partial charge in [-0.25, -0.2) is 0 Å². The molecule has 1 N–H and O–H groups in total. The number of ether oxygens (including phenoxy) is 1. The Morgan fingerprint density at radius 1 is 1.24 bits per heavy atom. The number of hydrogen-bond acceptors (Lipinski definition) is 3. The van der Waals surface area contributed by atoms with E-state index in [1.807, 2.05) is 0 Å². The number of rotatable bonds is 7. The zero-order valence-electron chi connectivity index (χ0n) is 12.1. The molecule has 0 radical (unpaired) electrons. The fourth-order valence-electron chi connectivity index (χ4n) is 2.85. The van der Waals surface area contributed by atoms with Crippen LogP contribution in [0.3, 0.4) is 0 Å². The Balaban J connectivity index is 2.48. The lowest BCUT2D eigenvalue weighted by molar-refractivity contribution is 0.0862. The van der Waals surface area contributed by atoms with E-state index in [4.69, 9.17) is 4.74 Å². The van der Waals surface area contributed by atoms with E-state index in [0.717, 1.165) is 19.6 Å². The second-order valence-electron chi connectivity index (χ2n) is 5.62. The average molecular weight is 242 g/mol. The van der Waals surface area contributed by atoms with Crippen molar-refractivity contribution in [1.82, 2.24) is 10.2 Å². The van der Waals surface area contributed by atoms with Gasteiger partial charge in [0.15, 0.2) is 0 Å². The normalized spacial score (nSPS) is 21.7. The minimum Gasteiger partial charge on any atom is -0.383 e. The quantitative estimate of drug-likeness (QED) is 0.741. The Morgan fingerprint density at radius 3 is 2.35 bits per heavy atom. The van der Waals surface area contributed by atoms with E-state index in [0.29, 0.717) is 11.6 Å². The molecule has 1 atom stereocenters. The minimum atomic E-state index is 0.374. The molecule has 0 aliphatic heterocycles. The summed E-state index contributed by atoms with van der Waals surface area (Å²) in [7, 11) is 6.24. The topological polar surface area (TPSA) is 24.5 Å². The SMILES string of the molecule is CCC(COC)NCC1(N(C)C)CCCCC1. The summed E-state index contributed by atoms with van der Waals surface area (Å²) in [5.74, 6) is 0. The molecular weight excluding hydrogens is 212 g/mol. The molecule has 1 aliphatic carbocycles. The fraction of sp³-hybridized carbons (Fsp3) is 1.00.